The van der Waals surface area contributed by atoms with Crippen molar-refractivity contribution in [2.24, 2.45) is 0 Å². The van der Waals surface area contributed by atoms with Crippen molar-refractivity contribution in [1.29, 1.82) is 5.26 Å². The van der Waals surface area contributed by atoms with E-state index < -0.39 is 0 Å². The Balaban J connectivity index is 1.33. The quantitative estimate of drug-likeness (QED) is 0.707. The van der Waals surface area contributed by atoms with Crippen LogP contribution in [0.4, 0.5) is 5.82 Å². The molecule has 0 atom stereocenters. The Bertz CT molecular complexity index is 856. The molecule has 0 spiro atoms. The summed E-state index contributed by atoms with van der Waals surface area (Å²) in [5.74, 6) is 0.951. The van der Waals surface area contributed by atoms with Gasteiger partial charge >= 0.3 is 0 Å². The predicted octanol–water partition coefficient (Wildman–Crippen LogP) is 3.46. The van der Waals surface area contributed by atoms with Crippen LogP contribution in [0.25, 0.3) is 10.6 Å². The van der Waals surface area contributed by atoms with Crippen LogP contribution in [0.5, 0.6) is 0 Å². The highest BCUT2D eigenvalue weighted by Gasteiger charge is 2.19. The predicted molar refractivity (Wildman–Crippen MR) is 102 cm³/mol. The van der Waals surface area contributed by atoms with Crippen molar-refractivity contribution in [2.45, 2.75) is 6.54 Å². The Hall–Kier alpha value is -2.27. The number of hydrogen-bond acceptors (Lipinski definition) is 7. The highest BCUT2D eigenvalue weighted by atomic mass is 32.1. The van der Waals surface area contributed by atoms with E-state index in [1.165, 1.54) is 5.56 Å². The van der Waals surface area contributed by atoms with Crippen LogP contribution in [0.2, 0.25) is 0 Å². The molecule has 4 heterocycles. The van der Waals surface area contributed by atoms with Gasteiger partial charge in [0.25, 0.3) is 0 Å². The van der Waals surface area contributed by atoms with E-state index in [0.717, 1.165) is 49.2 Å². The largest absolute Gasteiger partial charge is 0.354 e. The molecule has 0 unspecified atom stereocenters. The summed E-state index contributed by atoms with van der Waals surface area (Å²) in [6.45, 7) is 4.77. The second-order valence-corrected chi connectivity index (χ2v) is 7.57. The molecule has 0 radical (unpaired) electrons. The number of nitriles is 1. The van der Waals surface area contributed by atoms with Gasteiger partial charge in [0.15, 0.2) is 0 Å². The van der Waals surface area contributed by atoms with E-state index >= 15 is 0 Å². The van der Waals surface area contributed by atoms with Gasteiger partial charge in [0.1, 0.15) is 16.9 Å². The van der Waals surface area contributed by atoms with Crippen molar-refractivity contribution in [3.63, 3.8) is 0 Å². The van der Waals surface area contributed by atoms with E-state index in [9.17, 15) is 0 Å². The maximum atomic E-state index is 8.86. The van der Waals surface area contributed by atoms with Crippen LogP contribution in [0, 0.1) is 11.3 Å². The SMILES string of the molecule is N#Cc1ccc(N2CCN(Cc3csc(-c4ccsc4)n3)CC2)nc1. The monoisotopic (exact) mass is 367 g/mol. The fourth-order valence-corrected chi connectivity index (χ4v) is 4.42. The van der Waals surface area contributed by atoms with Crippen molar-refractivity contribution < 1.29 is 0 Å². The first kappa shape index (κ1) is 16.2. The molecule has 4 rings (SSSR count). The number of nitrogens with zero attached hydrogens (tertiary/aromatic N) is 5. The zero-order valence-corrected chi connectivity index (χ0v) is 15.3. The van der Waals surface area contributed by atoms with Crippen LogP contribution in [0.15, 0.2) is 40.5 Å². The van der Waals surface area contributed by atoms with E-state index in [1.54, 1.807) is 28.9 Å². The number of rotatable bonds is 4. The van der Waals surface area contributed by atoms with Gasteiger partial charge in [-0.1, -0.05) is 0 Å². The van der Waals surface area contributed by atoms with E-state index in [4.69, 9.17) is 10.2 Å². The Morgan fingerprint density at radius 1 is 1.12 bits per heavy atom. The first-order valence-corrected chi connectivity index (χ1v) is 9.94. The molecular formula is C18H17N5S2. The molecule has 0 N–H and O–H groups in total. The lowest BCUT2D eigenvalue weighted by atomic mass is 10.2. The van der Waals surface area contributed by atoms with Gasteiger partial charge in [-0.3, -0.25) is 4.90 Å². The normalized spacial score (nSPS) is 15.2. The first-order valence-electron chi connectivity index (χ1n) is 8.12. The van der Waals surface area contributed by atoms with Gasteiger partial charge in [0, 0.05) is 55.2 Å². The van der Waals surface area contributed by atoms with Crippen molar-refractivity contribution in [2.75, 3.05) is 31.1 Å². The Labute approximate surface area is 154 Å². The molecule has 126 valence electrons. The van der Waals surface area contributed by atoms with Crippen molar-refractivity contribution in [1.82, 2.24) is 14.9 Å². The third kappa shape index (κ3) is 3.71. The Morgan fingerprint density at radius 2 is 2.00 bits per heavy atom. The van der Waals surface area contributed by atoms with Gasteiger partial charge in [-0.15, -0.1) is 11.3 Å². The van der Waals surface area contributed by atoms with Gasteiger partial charge in [-0.05, 0) is 23.6 Å². The molecule has 5 nitrogen and oxygen atoms in total. The summed E-state index contributed by atoms with van der Waals surface area (Å²) in [5.41, 5.74) is 2.97. The number of aromatic nitrogens is 2. The average Bonchev–Trinajstić information content (AvgIpc) is 3.34. The number of thiophene rings is 1. The van der Waals surface area contributed by atoms with Crippen LogP contribution < -0.4 is 4.90 Å². The van der Waals surface area contributed by atoms with Crippen LogP contribution in [0.3, 0.4) is 0 Å². The summed E-state index contributed by atoms with van der Waals surface area (Å²) in [7, 11) is 0. The minimum Gasteiger partial charge on any atom is -0.354 e. The zero-order chi connectivity index (χ0) is 17.1. The minimum atomic E-state index is 0.604. The van der Waals surface area contributed by atoms with Crippen LogP contribution in [-0.2, 0) is 6.54 Å². The van der Waals surface area contributed by atoms with E-state index in [2.05, 4.69) is 43.1 Å². The lowest BCUT2D eigenvalue weighted by Crippen LogP contribution is -2.46. The lowest BCUT2D eigenvalue weighted by Gasteiger charge is -2.35. The van der Waals surface area contributed by atoms with Crippen LogP contribution in [0.1, 0.15) is 11.3 Å². The topological polar surface area (TPSA) is 56.1 Å². The molecule has 7 heteroatoms. The fourth-order valence-electron chi connectivity index (χ4n) is 2.90. The minimum absolute atomic E-state index is 0.604. The van der Waals surface area contributed by atoms with Crippen LogP contribution >= 0.6 is 22.7 Å². The standard InChI is InChI=1S/C18H17N5S2/c19-9-14-1-2-17(20-10-14)23-6-4-22(5-7-23)11-16-13-25-18(21-16)15-3-8-24-12-15/h1-3,8,10,12-13H,4-7,11H2. The number of anilines is 1. The molecule has 3 aromatic rings. The Kier molecular flexibility index (Phi) is 4.74. The molecule has 0 bridgehead atoms. The lowest BCUT2D eigenvalue weighted by molar-refractivity contribution is 0.247. The van der Waals surface area contributed by atoms with Crippen molar-refractivity contribution in [3.8, 4) is 16.6 Å². The molecule has 1 aliphatic rings. The number of thiazole rings is 1. The van der Waals surface area contributed by atoms with Crippen molar-refractivity contribution >= 4 is 28.5 Å². The van der Waals surface area contributed by atoms with Gasteiger partial charge in [0.2, 0.25) is 0 Å². The van der Waals surface area contributed by atoms with Gasteiger partial charge < -0.3 is 4.90 Å². The molecule has 1 fully saturated rings. The van der Waals surface area contributed by atoms with Gasteiger partial charge in [0.05, 0.1) is 11.3 Å². The average molecular weight is 368 g/mol. The summed E-state index contributed by atoms with van der Waals surface area (Å²) >= 11 is 3.43. The zero-order valence-electron chi connectivity index (χ0n) is 13.6. The summed E-state index contributed by atoms with van der Waals surface area (Å²) in [4.78, 5) is 13.9. The van der Waals surface area contributed by atoms with E-state index in [0.29, 0.717) is 5.56 Å². The number of hydrogen-bond donors (Lipinski definition) is 0. The molecule has 0 aliphatic carbocycles. The van der Waals surface area contributed by atoms with E-state index in [1.807, 2.05) is 12.1 Å². The highest BCUT2D eigenvalue weighted by Crippen LogP contribution is 2.26. The van der Waals surface area contributed by atoms with E-state index in [-0.39, 0.29) is 0 Å². The maximum Gasteiger partial charge on any atom is 0.128 e. The molecule has 0 saturated carbocycles. The Morgan fingerprint density at radius 3 is 2.68 bits per heavy atom. The van der Waals surface area contributed by atoms with Crippen molar-refractivity contribution in [3.05, 3.63) is 51.8 Å². The second-order valence-electron chi connectivity index (χ2n) is 5.94. The molecule has 3 aromatic heterocycles. The fraction of sp³-hybridized carbons (Fsp3) is 0.278. The maximum absolute atomic E-state index is 8.86. The summed E-state index contributed by atoms with van der Waals surface area (Å²) in [6.07, 6.45) is 1.64. The summed E-state index contributed by atoms with van der Waals surface area (Å²) < 4.78 is 0. The third-order valence-electron chi connectivity index (χ3n) is 4.28. The molecule has 1 saturated heterocycles. The molecule has 0 aromatic carbocycles. The molecule has 0 amide bonds. The summed E-state index contributed by atoms with van der Waals surface area (Å²) in [6, 6.07) is 7.99. The first-order chi connectivity index (χ1) is 12.3. The van der Waals surface area contributed by atoms with Gasteiger partial charge in [-0.2, -0.15) is 16.6 Å². The van der Waals surface area contributed by atoms with Crippen LogP contribution in [-0.4, -0.2) is 41.0 Å². The van der Waals surface area contributed by atoms with Gasteiger partial charge in [-0.25, -0.2) is 9.97 Å². The number of piperazine rings is 1. The summed E-state index contributed by atoms with van der Waals surface area (Å²) in [5, 5.41) is 16.4. The highest BCUT2D eigenvalue weighted by molar-refractivity contribution is 7.14. The third-order valence-corrected chi connectivity index (χ3v) is 5.90. The molecule has 25 heavy (non-hydrogen) atoms. The molecular weight excluding hydrogens is 350 g/mol. The smallest absolute Gasteiger partial charge is 0.128 e. The molecule has 1 aliphatic heterocycles. The second kappa shape index (κ2) is 7.31. The number of pyridine rings is 1.